The van der Waals surface area contributed by atoms with Crippen LogP contribution in [0.4, 0.5) is 45.5 Å². The number of hydrogen-bond donors (Lipinski definition) is 0. The van der Waals surface area contributed by atoms with Crippen LogP contribution in [0, 0.1) is 41.5 Å². The predicted octanol–water partition coefficient (Wildman–Crippen LogP) is 21.6. The molecule has 13 rings (SSSR count). The first kappa shape index (κ1) is 53.1. The summed E-state index contributed by atoms with van der Waals surface area (Å²) in [7, 11) is 0. The van der Waals surface area contributed by atoms with E-state index in [1.807, 2.05) is 0 Å². The third-order valence-electron chi connectivity index (χ3n) is 19.4. The molecule has 0 aromatic heterocycles. The second-order valence-electron chi connectivity index (χ2n) is 24.3. The van der Waals surface area contributed by atoms with Crippen molar-refractivity contribution in [2.24, 2.45) is 0 Å². The van der Waals surface area contributed by atoms with Crippen molar-refractivity contribution in [2.45, 2.75) is 92.4 Å². The molecule has 0 spiro atoms. The van der Waals surface area contributed by atoms with Crippen LogP contribution < -0.4 is 14.7 Å². The van der Waals surface area contributed by atoms with Crippen molar-refractivity contribution in [3.05, 3.63) is 321 Å². The predicted molar refractivity (Wildman–Crippen MR) is 353 cm³/mol. The lowest BCUT2D eigenvalue weighted by Gasteiger charge is -2.46. The summed E-state index contributed by atoms with van der Waals surface area (Å²) < 4.78 is 0. The zero-order valence-electron chi connectivity index (χ0n) is 50.0. The Balaban J connectivity index is 0.994. The van der Waals surface area contributed by atoms with Gasteiger partial charge in [0.25, 0.3) is 0 Å². The second kappa shape index (κ2) is 20.1. The first-order valence-corrected chi connectivity index (χ1v) is 29.5. The lowest BCUT2D eigenvalue weighted by Crippen LogP contribution is -2.37. The molecule has 1 heterocycles. The van der Waals surface area contributed by atoms with E-state index >= 15 is 0 Å². The molecule has 10 aromatic carbocycles. The molecule has 2 aliphatic carbocycles. The highest BCUT2D eigenvalue weighted by atomic mass is 15.2. The quantitative estimate of drug-likeness (QED) is 0.120. The number of anilines is 8. The van der Waals surface area contributed by atoms with Crippen LogP contribution in [0.25, 0.3) is 22.3 Å². The van der Waals surface area contributed by atoms with Crippen molar-refractivity contribution in [1.29, 1.82) is 0 Å². The van der Waals surface area contributed by atoms with Crippen LogP contribution in [0.2, 0.25) is 0 Å². The van der Waals surface area contributed by atoms with Gasteiger partial charge in [-0.1, -0.05) is 186 Å². The number of aryl methyl sites for hydroxylation is 2. The monoisotopic (exact) mass is 1080 g/mol. The third-order valence-corrected chi connectivity index (χ3v) is 19.4. The van der Waals surface area contributed by atoms with Gasteiger partial charge in [0.2, 0.25) is 0 Å². The Morgan fingerprint density at radius 2 is 0.855 bits per heavy atom. The van der Waals surface area contributed by atoms with Crippen LogP contribution in [0.1, 0.15) is 107 Å². The van der Waals surface area contributed by atoms with E-state index in [0.717, 1.165) is 67.8 Å². The fourth-order valence-corrected chi connectivity index (χ4v) is 14.3. The van der Waals surface area contributed by atoms with Gasteiger partial charge >= 0.3 is 0 Å². The minimum absolute atomic E-state index is 0.155. The molecule has 408 valence electrons. The van der Waals surface area contributed by atoms with Crippen molar-refractivity contribution < 1.29 is 0 Å². The summed E-state index contributed by atoms with van der Waals surface area (Å²) in [6.07, 6.45) is 6.88. The van der Waals surface area contributed by atoms with E-state index in [-0.39, 0.29) is 10.8 Å². The van der Waals surface area contributed by atoms with E-state index in [0.29, 0.717) is 0 Å². The Morgan fingerprint density at radius 1 is 0.410 bits per heavy atom. The van der Waals surface area contributed by atoms with Crippen molar-refractivity contribution in [2.75, 3.05) is 14.7 Å². The SMILES string of the molecule is C=C(/C=C\C(=C/C)N(c1ccc2c(c1)C(C)(C)c1ccccc1-2)c1ccc(C)c(C)c1C)C1(c2ccc(N(c3ccc4c(c3)C(C)(C)c3ccccc3-4)c3ccc(C)c(C)c3C)cc2)c2ccccc2N(c2ccccc2)c2ccccc21. The molecule has 3 heteroatoms. The van der Waals surface area contributed by atoms with Gasteiger partial charge in [-0.3, -0.25) is 0 Å². The summed E-state index contributed by atoms with van der Waals surface area (Å²) in [6, 6.07) is 79.4. The first-order valence-electron chi connectivity index (χ1n) is 29.5. The van der Waals surface area contributed by atoms with E-state index in [2.05, 4.69) is 321 Å². The molecule has 0 saturated heterocycles. The molecule has 0 radical (unpaired) electrons. The van der Waals surface area contributed by atoms with Crippen LogP contribution in [0.5, 0.6) is 0 Å². The molecule has 3 aliphatic rings. The number of fused-ring (bicyclic) bond motifs is 8. The van der Waals surface area contributed by atoms with Gasteiger partial charge < -0.3 is 14.7 Å². The van der Waals surface area contributed by atoms with Gasteiger partial charge in [0.05, 0.1) is 16.8 Å². The number of para-hydroxylation sites is 3. The number of hydrogen-bond acceptors (Lipinski definition) is 3. The first-order chi connectivity index (χ1) is 40.1. The average molecular weight is 1080 g/mol. The molecule has 0 atom stereocenters. The topological polar surface area (TPSA) is 9.72 Å². The maximum absolute atomic E-state index is 5.25. The fourth-order valence-electron chi connectivity index (χ4n) is 14.3. The van der Waals surface area contributed by atoms with Crippen molar-refractivity contribution in [3.8, 4) is 22.3 Å². The fraction of sp³-hybridized carbons (Fsp3) is 0.175. The third kappa shape index (κ3) is 8.14. The Kier molecular flexibility index (Phi) is 12.8. The highest BCUT2D eigenvalue weighted by molar-refractivity contribution is 5.92. The Bertz CT molecular complexity index is 4270. The Hall–Kier alpha value is -9.18. The summed E-state index contributed by atoms with van der Waals surface area (Å²) in [5, 5.41) is 0. The molecule has 1 aliphatic heterocycles. The van der Waals surface area contributed by atoms with Crippen LogP contribution in [-0.2, 0) is 16.2 Å². The van der Waals surface area contributed by atoms with Crippen molar-refractivity contribution in [3.63, 3.8) is 0 Å². The van der Waals surface area contributed by atoms with Gasteiger partial charge in [-0.15, -0.1) is 0 Å². The Labute approximate surface area is 492 Å². The molecule has 0 amide bonds. The molecule has 10 aromatic rings. The molecular weight excluding hydrogens is 1000 g/mol. The van der Waals surface area contributed by atoms with E-state index in [9.17, 15) is 0 Å². The number of benzene rings is 10. The van der Waals surface area contributed by atoms with Gasteiger partial charge in [0, 0.05) is 50.7 Å². The zero-order valence-corrected chi connectivity index (χ0v) is 50.0. The normalized spacial score (nSPS) is 14.8. The van der Waals surface area contributed by atoms with Crippen LogP contribution in [-0.4, -0.2) is 0 Å². The van der Waals surface area contributed by atoms with Crippen molar-refractivity contribution in [1.82, 2.24) is 0 Å². The maximum atomic E-state index is 5.25. The summed E-state index contributed by atoms with van der Waals surface area (Å²) in [6.45, 7) is 30.4. The lowest BCUT2D eigenvalue weighted by atomic mass is 9.62. The molecule has 0 fully saturated rings. The molecule has 83 heavy (non-hydrogen) atoms. The van der Waals surface area contributed by atoms with Gasteiger partial charge in [-0.25, -0.2) is 0 Å². The molecule has 0 unspecified atom stereocenters. The zero-order chi connectivity index (χ0) is 57.7. The lowest BCUT2D eigenvalue weighted by molar-refractivity contribution is 0.660. The van der Waals surface area contributed by atoms with E-state index < -0.39 is 5.41 Å². The highest BCUT2D eigenvalue weighted by Gasteiger charge is 2.47. The molecule has 3 nitrogen and oxygen atoms in total. The Morgan fingerprint density at radius 3 is 1.41 bits per heavy atom. The van der Waals surface area contributed by atoms with Crippen LogP contribution >= 0.6 is 0 Å². The molecule has 0 bridgehead atoms. The van der Waals surface area contributed by atoms with Crippen LogP contribution in [0.15, 0.2) is 248 Å². The molecule has 0 N–H and O–H groups in total. The minimum Gasteiger partial charge on any atom is -0.311 e. The van der Waals surface area contributed by atoms with E-state index in [1.54, 1.807) is 0 Å². The van der Waals surface area contributed by atoms with Crippen LogP contribution in [0.3, 0.4) is 0 Å². The molecular formula is C80H73N3. The maximum Gasteiger partial charge on any atom is 0.0736 e. The highest BCUT2D eigenvalue weighted by Crippen LogP contribution is 2.59. The van der Waals surface area contributed by atoms with Gasteiger partial charge in [-0.05, 0) is 227 Å². The summed E-state index contributed by atoms with van der Waals surface area (Å²) in [5.41, 5.74) is 31.7. The van der Waals surface area contributed by atoms with Gasteiger partial charge in [-0.2, -0.15) is 0 Å². The second-order valence-corrected chi connectivity index (χ2v) is 24.3. The van der Waals surface area contributed by atoms with E-state index in [4.69, 9.17) is 6.58 Å². The molecule has 0 saturated carbocycles. The van der Waals surface area contributed by atoms with E-state index in [1.165, 1.54) is 83.6 Å². The summed E-state index contributed by atoms with van der Waals surface area (Å²) in [4.78, 5) is 7.38. The standard InChI is InChI=1S/C80H73N3/c1-13-59(81(74-47-35-51(2)54(5)56(74)7)62-43-45-66-64-27-17-19-29-68(64)78(9,10)72(66)49-62)40-37-53(4)80(70-31-21-23-33-76(70)83(60-25-15-14-16-26-60)77-34-24-22-32-71(77)80)58-38-41-61(42-39-58)82(75-48-36-52(3)55(6)57(75)8)63-44-46-67-65-28-18-20-30-69(65)79(11,12)73(67)50-63/h13-50H,4H2,1-3,5-12H3/b40-37-,59-13+. The van der Waals surface area contributed by atoms with Gasteiger partial charge in [0.15, 0.2) is 0 Å². The summed E-state index contributed by atoms with van der Waals surface area (Å²) >= 11 is 0. The number of rotatable bonds is 11. The largest absolute Gasteiger partial charge is 0.311 e. The number of nitrogens with zero attached hydrogens (tertiary/aromatic N) is 3. The number of allylic oxidation sites excluding steroid dienone is 4. The van der Waals surface area contributed by atoms with Crippen molar-refractivity contribution >= 4 is 45.5 Å². The summed E-state index contributed by atoms with van der Waals surface area (Å²) in [5.74, 6) is 0. The minimum atomic E-state index is -0.832. The smallest absolute Gasteiger partial charge is 0.0736 e. The average Bonchev–Trinajstić information content (AvgIpc) is 3.53. The van der Waals surface area contributed by atoms with Gasteiger partial charge in [0.1, 0.15) is 0 Å².